The topological polar surface area (TPSA) is 51.0 Å². The molecule has 0 fully saturated rings. The molecule has 1 aromatic carbocycles. The summed E-state index contributed by atoms with van der Waals surface area (Å²) in [5, 5.41) is 6.76. The lowest BCUT2D eigenvalue weighted by atomic mass is 10.4. The molecular weight excluding hydrogens is 241 g/mol. The highest BCUT2D eigenvalue weighted by atomic mass is 32.2. The van der Waals surface area contributed by atoms with Crippen molar-refractivity contribution in [2.45, 2.75) is 17.6 Å². The third-order valence-electron chi connectivity index (χ3n) is 1.98. The summed E-state index contributed by atoms with van der Waals surface area (Å²) < 4.78 is 17.6. The average Bonchev–Trinajstić information content (AvgIpc) is 2.77. The first-order valence-corrected chi connectivity index (χ1v) is 6.21. The van der Waals surface area contributed by atoms with Crippen LogP contribution in [0.4, 0.5) is 10.4 Å². The Morgan fingerprint density at radius 2 is 2.12 bits per heavy atom. The van der Waals surface area contributed by atoms with E-state index in [0.29, 0.717) is 17.6 Å². The molecular formula is C11H12FN3OS. The second-order valence-electron chi connectivity index (χ2n) is 3.29. The molecule has 6 heteroatoms. The first kappa shape index (κ1) is 11.9. The van der Waals surface area contributed by atoms with Crippen LogP contribution in [-0.4, -0.2) is 16.7 Å². The van der Waals surface area contributed by atoms with Crippen molar-refractivity contribution in [2.75, 3.05) is 11.9 Å². The second kappa shape index (κ2) is 5.67. The summed E-state index contributed by atoms with van der Waals surface area (Å²) in [7, 11) is 0. The lowest BCUT2D eigenvalue weighted by Crippen LogP contribution is -1.96. The second-order valence-corrected chi connectivity index (χ2v) is 4.34. The van der Waals surface area contributed by atoms with Crippen molar-refractivity contribution in [3.05, 3.63) is 35.9 Å². The zero-order chi connectivity index (χ0) is 12.1. The summed E-state index contributed by atoms with van der Waals surface area (Å²) in [4.78, 5) is 5.12. The number of nitrogens with zero attached hydrogens (tertiary/aromatic N) is 2. The Balaban J connectivity index is 1.90. The minimum Gasteiger partial charge on any atom is -0.338 e. The van der Waals surface area contributed by atoms with Gasteiger partial charge in [-0.25, -0.2) is 4.39 Å². The molecule has 0 saturated carbocycles. The number of rotatable bonds is 5. The normalized spacial score (nSPS) is 10.5. The SMILES string of the molecule is CCNc1nc(CSc2ccc(F)cc2)no1. The summed E-state index contributed by atoms with van der Waals surface area (Å²) in [6, 6.07) is 6.75. The van der Waals surface area contributed by atoms with Gasteiger partial charge in [-0.1, -0.05) is 5.16 Å². The Morgan fingerprint density at radius 3 is 2.82 bits per heavy atom. The van der Waals surface area contributed by atoms with Gasteiger partial charge in [0.15, 0.2) is 5.82 Å². The van der Waals surface area contributed by atoms with Crippen LogP contribution in [0.1, 0.15) is 12.7 Å². The summed E-state index contributed by atoms with van der Waals surface area (Å²) in [5.41, 5.74) is 0. The maximum Gasteiger partial charge on any atom is 0.321 e. The Hall–Kier alpha value is -1.56. The predicted octanol–water partition coefficient (Wildman–Crippen LogP) is 2.93. The van der Waals surface area contributed by atoms with Crippen LogP contribution in [0.25, 0.3) is 0 Å². The van der Waals surface area contributed by atoms with Crippen LogP contribution >= 0.6 is 11.8 Å². The van der Waals surface area contributed by atoms with Gasteiger partial charge in [0, 0.05) is 11.4 Å². The molecule has 0 bridgehead atoms. The minimum atomic E-state index is -0.233. The summed E-state index contributed by atoms with van der Waals surface area (Å²) >= 11 is 1.53. The third-order valence-corrected chi connectivity index (χ3v) is 2.99. The standard InChI is InChI=1S/C11H12FN3OS/c1-2-13-11-14-10(15-16-11)7-17-9-5-3-8(12)4-6-9/h3-6H,2,7H2,1H3,(H,13,14,15). The number of benzene rings is 1. The summed E-state index contributed by atoms with van der Waals surface area (Å²) in [5.74, 6) is 0.985. The molecule has 90 valence electrons. The van der Waals surface area contributed by atoms with Gasteiger partial charge in [-0.3, -0.25) is 0 Å². The number of thioether (sulfide) groups is 1. The zero-order valence-corrected chi connectivity index (χ0v) is 10.1. The molecule has 0 aliphatic carbocycles. The van der Waals surface area contributed by atoms with Crippen molar-refractivity contribution in [3.63, 3.8) is 0 Å². The molecule has 0 atom stereocenters. The Kier molecular flexibility index (Phi) is 3.98. The smallest absolute Gasteiger partial charge is 0.321 e. The fourth-order valence-corrected chi connectivity index (χ4v) is 1.96. The molecule has 0 unspecified atom stereocenters. The minimum absolute atomic E-state index is 0.233. The number of nitrogens with one attached hydrogen (secondary N) is 1. The molecule has 2 rings (SSSR count). The highest BCUT2D eigenvalue weighted by Crippen LogP contribution is 2.22. The fraction of sp³-hybridized carbons (Fsp3) is 0.273. The maximum absolute atomic E-state index is 12.7. The molecule has 2 aromatic rings. The van der Waals surface area contributed by atoms with Crippen molar-refractivity contribution >= 4 is 17.8 Å². The van der Waals surface area contributed by atoms with Crippen molar-refractivity contribution in [2.24, 2.45) is 0 Å². The molecule has 4 nitrogen and oxygen atoms in total. The first-order chi connectivity index (χ1) is 8.28. The largest absolute Gasteiger partial charge is 0.338 e. The van der Waals surface area contributed by atoms with E-state index in [-0.39, 0.29) is 5.82 Å². The predicted molar refractivity (Wildman–Crippen MR) is 64.4 cm³/mol. The van der Waals surface area contributed by atoms with Crippen LogP contribution in [0.3, 0.4) is 0 Å². The number of hydrogen-bond acceptors (Lipinski definition) is 5. The molecule has 17 heavy (non-hydrogen) atoms. The van der Waals surface area contributed by atoms with E-state index < -0.39 is 0 Å². The van der Waals surface area contributed by atoms with Crippen LogP contribution in [0.2, 0.25) is 0 Å². The average molecular weight is 253 g/mol. The number of aromatic nitrogens is 2. The molecule has 0 radical (unpaired) electrons. The molecule has 0 saturated heterocycles. The van der Waals surface area contributed by atoms with Crippen LogP contribution in [0.15, 0.2) is 33.7 Å². The van der Waals surface area contributed by atoms with Gasteiger partial charge < -0.3 is 9.84 Å². The van der Waals surface area contributed by atoms with Crippen LogP contribution in [0.5, 0.6) is 0 Å². The van der Waals surface area contributed by atoms with Crippen molar-refractivity contribution in [1.82, 2.24) is 10.1 Å². The van der Waals surface area contributed by atoms with E-state index in [0.717, 1.165) is 11.4 Å². The number of halogens is 1. The van der Waals surface area contributed by atoms with E-state index in [1.54, 1.807) is 12.1 Å². The Bertz CT molecular complexity index is 472. The van der Waals surface area contributed by atoms with E-state index in [2.05, 4.69) is 15.5 Å². The molecule has 0 aliphatic rings. The molecule has 1 N–H and O–H groups in total. The van der Waals surface area contributed by atoms with Gasteiger partial charge in [-0.15, -0.1) is 11.8 Å². The number of anilines is 1. The molecule has 1 heterocycles. The molecule has 0 aliphatic heterocycles. The Labute approximate surface area is 103 Å². The van der Waals surface area contributed by atoms with E-state index in [1.807, 2.05) is 6.92 Å². The van der Waals surface area contributed by atoms with Gasteiger partial charge in [0.05, 0.1) is 5.75 Å². The zero-order valence-electron chi connectivity index (χ0n) is 9.31. The third kappa shape index (κ3) is 3.45. The van der Waals surface area contributed by atoms with Gasteiger partial charge in [0.25, 0.3) is 0 Å². The van der Waals surface area contributed by atoms with Crippen molar-refractivity contribution in [3.8, 4) is 0 Å². The first-order valence-electron chi connectivity index (χ1n) is 5.22. The Morgan fingerprint density at radius 1 is 1.35 bits per heavy atom. The highest BCUT2D eigenvalue weighted by Gasteiger charge is 2.05. The van der Waals surface area contributed by atoms with Gasteiger partial charge >= 0.3 is 6.01 Å². The highest BCUT2D eigenvalue weighted by molar-refractivity contribution is 7.98. The lowest BCUT2D eigenvalue weighted by molar-refractivity contribution is 0.425. The quantitative estimate of drug-likeness (QED) is 0.830. The number of hydrogen-bond donors (Lipinski definition) is 1. The molecule has 0 spiro atoms. The van der Waals surface area contributed by atoms with E-state index in [9.17, 15) is 4.39 Å². The van der Waals surface area contributed by atoms with Crippen molar-refractivity contribution in [1.29, 1.82) is 0 Å². The van der Waals surface area contributed by atoms with E-state index in [4.69, 9.17) is 4.52 Å². The van der Waals surface area contributed by atoms with Gasteiger partial charge in [-0.05, 0) is 31.2 Å². The molecule has 0 amide bonds. The fourth-order valence-electron chi connectivity index (χ4n) is 1.21. The van der Waals surface area contributed by atoms with E-state index in [1.165, 1.54) is 23.9 Å². The van der Waals surface area contributed by atoms with Crippen LogP contribution < -0.4 is 5.32 Å². The van der Waals surface area contributed by atoms with E-state index >= 15 is 0 Å². The van der Waals surface area contributed by atoms with Gasteiger partial charge in [-0.2, -0.15) is 4.98 Å². The lowest BCUT2D eigenvalue weighted by Gasteiger charge is -1.97. The maximum atomic E-state index is 12.7. The van der Waals surface area contributed by atoms with Crippen LogP contribution in [-0.2, 0) is 5.75 Å². The van der Waals surface area contributed by atoms with Gasteiger partial charge in [0.2, 0.25) is 0 Å². The monoisotopic (exact) mass is 253 g/mol. The summed E-state index contributed by atoms with van der Waals surface area (Å²) in [6.07, 6.45) is 0. The summed E-state index contributed by atoms with van der Waals surface area (Å²) in [6.45, 7) is 2.70. The van der Waals surface area contributed by atoms with Gasteiger partial charge in [0.1, 0.15) is 5.82 Å². The van der Waals surface area contributed by atoms with Crippen molar-refractivity contribution < 1.29 is 8.91 Å². The van der Waals surface area contributed by atoms with Crippen LogP contribution in [0, 0.1) is 5.82 Å². The molecule has 1 aromatic heterocycles.